The molecule has 0 bridgehead atoms. The van der Waals surface area contributed by atoms with Crippen LogP contribution in [0.2, 0.25) is 0 Å². The average Bonchev–Trinajstić information content (AvgIpc) is 2.26. The molecule has 0 N–H and O–H groups in total. The highest BCUT2D eigenvalue weighted by Crippen LogP contribution is 2.08. The molecule has 0 spiro atoms. The van der Waals surface area contributed by atoms with E-state index in [1.807, 2.05) is 6.07 Å². The van der Waals surface area contributed by atoms with E-state index in [0.29, 0.717) is 6.42 Å². The number of methoxy groups -OCH3 is 1. The first-order valence-corrected chi connectivity index (χ1v) is 4.14. The van der Waals surface area contributed by atoms with Gasteiger partial charge in [0.25, 0.3) is 0 Å². The van der Waals surface area contributed by atoms with Crippen molar-refractivity contribution in [2.24, 2.45) is 5.92 Å². The van der Waals surface area contributed by atoms with Crippen LogP contribution < -0.4 is 0 Å². The Labute approximate surface area is 82.1 Å². The second kappa shape index (κ2) is 4.97. The van der Waals surface area contributed by atoms with Crippen LogP contribution in [-0.2, 0) is 16.0 Å². The molecule has 0 amide bonds. The number of nitriles is 1. The minimum atomic E-state index is -0.734. The molecule has 72 valence electrons. The Balaban J connectivity index is 2.68. The minimum absolute atomic E-state index is 0.367. The molecular weight excluding hydrogens is 180 g/mol. The minimum Gasteiger partial charge on any atom is -0.468 e. The molecule has 1 aromatic rings. The predicted molar refractivity (Wildman–Crippen MR) is 49.1 cm³/mol. The van der Waals surface area contributed by atoms with E-state index in [0.717, 1.165) is 5.56 Å². The van der Waals surface area contributed by atoms with Crippen LogP contribution in [0.1, 0.15) is 5.56 Å². The second-order valence-corrected chi connectivity index (χ2v) is 2.76. The molecule has 1 heterocycles. The fourth-order valence-corrected chi connectivity index (χ4v) is 1.08. The van der Waals surface area contributed by atoms with Gasteiger partial charge in [0, 0.05) is 12.4 Å². The number of hydrogen-bond donors (Lipinski definition) is 0. The number of nitrogens with zero attached hydrogens (tertiary/aromatic N) is 2. The third-order valence-corrected chi connectivity index (χ3v) is 1.83. The van der Waals surface area contributed by atoms with Crippen LogP contribution in [0.5, 0.6) is 0 Å². The molecule has 4 heteroatoms. The van der Waals surface area contributed by atoms with Gasteiger partial charge in [-0.2, -0.15) is 5.26 Å². The van der Waals surface area contributed by atoms with Crippen molar-refractivity contribution < 1.29 is 9.53 Å². The van der Waals surface area contributed by atoms with Crippen LogP contribution in [0.15, 0.2) is 24.5 Å². The summed E-state index contributed by atoms with van der Waals surface area (Å²) >= 11 is 0. The monoisotopic (exact) mass is 190 g/mol. The van der Waals surface area contributed by atoms with Crippen LogP contribution in [0.3, 0.4) is 0 Å². The fraction of sp³-hybridized carbons (Fsp3) is 0.300. The zero-order valence-corrected chi connectivity index (χ0v) is 7.80. The zero-order valence-electron chi connectivity index (χ0n) is 7.80. The van der Waals surface area contributed by atoms with Crippen molar-refractivity contribution >= 4 is 5.97 Å². The van der Waals surface area contributed by atoms with Crippen molar-refractivity contribution in [3.05, 3.63) is 30.1 Å². The summed E-state index contributed by atoms with van der Waals surface area (Å²) in [7, 11) is 1.28. The molecular formula is C10H10N2O2. The van der Waals surface area contributed by atoms with Gasteiger partial charge in [0.05, 0.1) is 13.2 Å². The van der Waals surface area contributed by atoms with Gasteiger partial charge in [-0.05, 0) is 24.1 Å². The maximum absolute atomic E-state index is 11.1. The molecule has 1 unspecified atom stereocenters. The standard InChI is InChI=1S/C10H10N2O2/c1-14-10(13)9(7-11)6-8-2-4-12-5-3-8/h2-5,9H,6H2,1H3. The first-order valence-electron chi connectivity index (χ1n) is 4.14. The third kappa shape index (κ3) is 2.56. The first kappa shape index (κ1) is 10.2. The van der Waals surface area contributed by atoms with Gasteiger partial charge in [-0.1, -0.05) is 0 Å². The molecule has 0 radical (unpaired) electrons. The van der Waals surface area contributed by atoms with Crippen LogP contribution >= 0.6 is 0 Å². The predicted octanol–water partition coefficient (Wildman–Crippen LogP) is 0.937. The second-order valence-electron chi connectivity index (χ2n) is 2.76. The molecule has 0 aliphatic heterocycles. The summed E-state index contributed by atoms with van der Waals surface area (Å²) in [5.41, 5.74) is 0.900. The Hall–Kier alpha value is -1.89. The Bertz CT molecular complexity index is 343. The van der Waals surface area contributed by atoms with Gasteiger partial charge in [-0.3, -0.25) is 9.78 Å². The summed E-state index contributed by atoms with van der Waals surface area (Å²) in [6.45, 7) is 0. The summed E-state index contributed by atoms with van der Waals surface area (Å²) in [5, 5.41) is 8.72. The topological polar surface area (TPSA) is 63.0 Å². The third-order valence-electron chi connectivity index (χ3n) is 1.83. The lowest BCUT2D eigenvalue weighted by Gasteiger charge is -2.05. The van der Waals surface area contributed by atoms with Crippen LogP contribution in [0.25, 0.3) is 0 Å². The summed E-state index contributed by atoms with van der Waals surface area (Å²) in [5.74, 6) is -1.23. The quantitative estimate of drug-likeness (QED) is 0.665. The number of ether oxygens (including phenoxy) is 1. The zero-order chi connectivity index (χ0) is 10.4. The summed E-state index contributed by atoms with van der Waals surface area (Å²) in [4.78, 5) is 14.9. The average molecular weight is 190 g/mol. The lowest BCUT2D eigenvalue weighted by Crippen LogP contribution is -2.16. The number of aromatic nitrogens is 1. The Morgan fingerprint density at radius 1 is 1.64 bits per heavy atom. The van der Waals surface area contributed by atoms with E-state index in [-0.39, 0.29) is 0 Å². The number of rotatable bonds is 3. The first-order chi connectivity index (χ1) is 6.77. The van der Waals surface area contributed by atoms with Crippen molar-refractivity contribution in [1.29, 1.82) is 5.26 Å². The van der Waals surface area contributed by atoms with Crippen molar-refractivity contribution in [2.75, 3.05) is 7.11 Å². The van der Waals surface area contributed by atoms with Crippen molar-refractivity contribution in [3.63, 3.8) is 0 Å². The Morgan fingerprint density at radius 2 is 2.29 bits per heavy atom. The lowest BCUT2D eigenvalue weighted by molar-refractivity contribution is -0.143. The SMILES string of the molecule is COC(=O)C(C#N)Cc1ccncc1. The number of hydrogen-bond acceptors (Lipinski definition) is 4. The largest absolute Gasteiger partial charge is 0.468 e. The molecule has 4 nitrogen and oxygen atoms in total. The summed E-state index contributed by atoms with van der Waals surface area (Å²) < 4.78 is 4.50. The highest BCUT2D eigenvalue weighted by atomic mass is 16.5. The summed E-state index contributed by atoms with van der Waals surface area (Å²) in [6.07, 6.45) is 3.62. The maximum Gasteiger partial charge on any atom is 0.323 e. The molecule has 0 aromatic carbocycles. The van der Waals surface area contributed by atoms with Crippen LogP contribution in [0.4, 0.5) is 0 Å². The molecule has 14 heavy (non-hydrogen) atoms. The lowest BCUT2D eigenvalue weighted by atomic mass is 10.0. The van der Waals surface area contributed by atoms with Gasteiger partial charge in [0.1, 0.15) is 5.92 Å². The highest BCUT2D eigenvalue weighted by molar-refractivity contribution is 5.75. The normalized spacial score (nSPS) is 11.4. The molecule has 0 fully saturated rings. The summed E-state index contributed by atoms with van der Waals surface area (Å²) in [6, 6.07) is 5.45. The van der Waals surface area contributed by atoms with Gasteiger partial charge in [0.2, 0.25) is 0 Å². The van der Waals surface area contributed by atoms with Gasteiger partial charge in [-0.15, -0.1) is 0 Å². The molecule has 0 saturated carbocycles. The number of carbonyl (C=O) groups is 1. The van der Waals surface area contributed by atoms with Crippen molar-refractivity contribution in [3.8, 4) is 6.07 Å². The van der Waals surface area contributed by atoms with E-state index >= 15 is 0 Å². The fourth-order valence-electron chi connectivity index (χ4n) is 1.08. The van der Waals surface area contributed by atoms with Crippen LogP contribution in [0, 0.1) is 17.2 Å². The number of carbonyl (C=O) groups excluding carboxylic acids is 1. The van der Waals surface area contributed by atoms with Gasteiger partial charge < -0.3 is 4.74 Å². The van der Waals surface area contributed by atoms with E-state index < -0.39 is 11.9 Å². The molecule has 0 aliphatic rings. The molecule has 0 saturated heterocycles. The molecule has 0 aliphatic carbocycles. The van der Waals surface area contributed by atoms with Crippen molar-refractivity contribution in [2.45, 2.75) is 6.42 Å². The molecule has 1 atom stereocenters. The van der Waals surface area contributed by atoms with E-state index in [1.54, 1.807) is 24.5 Å². The number of pyridine rings is 1. The number of esters is 1. The van der Waals surface area contributed by atoms with Gasteiger partial charge in [-0.25, -0.2) is 0 Å². The van der Waals surface area contributed by atoms with Crippen molar-refractivity contribution in [1.82, 2.24) is 4.98 Å². The molecule has 1 aromatic heterocycles. The Morgan fingerprint density at radius 3 is 2.79 bits per heavy atom. The van der Waals surface area contributed by atoms with E-state index in [9.17, 15) is 4.79 Å². The van der Waals surface area contributed by atoms with E-state index in [1.165, 1.54) is 7.11 Å². The van der Waals surface area contributed by atoms with E-state index in [4.69, 9.17) is 5.26 Å². The molecule has 1 rings (SSSR count). The maximum atomic E-state index is 11.1. The van der Waals surface area contributed by atoms with Gasteiger partial charge in [0.15, 0.2) is 0 Å². The Kier molecular flexibility index (Phi) is 3.62. The van der Waals surface area contributed by atoms with E-state index in [2.05, 4.69) is 9.72 Å². The smallest absolute Gasteiger partial charge is 0.323 e. The highest BCUT2D eigenvalue weighted by Gasteiger charge is 2.18. The van der Waals surface area contributed by atoms with Gasteiger partial charge >= 0.3 is 5.97 Å². The van der Waals surface area contributed by atoms with Crippen LogP contribution in [-0.4, -0.2) is 18.1 Å².